The molecule has 122 valence electrons. The number of hydrogen-bond acceptors (Lipinski definition) is 6. The van der Waals surface area contributed by atoms with Crippen LogP contribution in [-0.2, 0) is 10.1 Å². The Morgan fingerprint density at radius 1 is 1.41 bits per heavy atom. The number of carboxylic acid groups (broad SMARTS) is 1. The topological polar surface area (TPSA) is 110 Å². The van der Waals surface area contributed by atoms with E-state index in [4.69, 9.17) is 0 Å². The zero-order chi connectivity index (χ0) is 16.9. The average Bonchev–Trinajstić information content (AvgIpc) is 2.41. The number of thioether (sulfide) groups is 1. The van der Waals surface area contributed by atoms with E-state index in [9.17, 15) is 23.1 Å². The molecule has 1 amide bonds. The van der Waals surface area contributed by atoms with Crippen molar-refractivity contribution in [1.29, 1.82) is 0 Å². The van der Waals surface area contributed by atoms with E-state index in [1.165, 1.54) is 18.2 Å². The van der Waals surface area contributed by atoms with Gasteiger partial charge in [-0.05, 0) is 18.4 Å². The van der Waals surface area contributed by atoms with E-state index in [0.717, 1.165) is 6.26 Å². The van der Waals surface area contributed by atoms with Gasteiger partial charge in [-0.1, -0.05) is 13.0 Å². The van der Waals surface area contributed by atoms with E-state index in [2.05, 4.69) is 9.50 Å². The highest BCUT2D eigenvalue weighted by Gasteiger charge is 2.23. The zero-order valence-corrected chi connectivity index (χ0v) is 14.0. The monoisotopic (exact) mass is 347 g/mol. The summed E-state index contributed by atoms with van der Waals surface area (Å²) in [4.78, 5) is 23.5. The Morgan fingerprint density at radius 3 is 2.55 bits per heavy atom. The second kappa shape index (κ2) is 7.50. The zero-order valence-electron chi connectivity index (χ0n) is 12.3. The molecule has 1 atom stereocenters. The fraction of sp³-hybridized carbons (Fsp3) is 0.385. The van der Waals surface area contributed by atoms with Crippen molar-refractivity contribution in [3.8, 4) is 5.75 Å². The Kier molecular flexibility index (Phi) is 6.24. The van der Waals surface area contributed by atoms with Gasteiger partial charge in [0.2, 0.25) is 0 Å². The normalized spacial score (nSPS) is 12.5. The lowest BCUT2D eigenvalue weighted by Gasteiger charge is -2.13. The van der Waals surface area contributed by atoms with Gasteiger partial charge in [-0.25, -0.2) is 4.79 Å². The Hall–Kier alpha value is -1.74. The van der Waals surface area contributed by atoms with Gasteiger partial charge >= 0.3 is 16.1 Å². The van der Waals surface area contributed by atoms with Gasteiger partial charge in [0, 0.05) is 11.8 Å². The number of carbonyl (C=O) groups is 2. The maximum absolute atomic E-state index is 12.1. The summed E-state index contributed by atoms with van der Waals surface area (Å²) in [5.41, 5.74) is -0.635. The van der Waals surface area contributed by atoms with Crippen molar-refractivity contribution in [3.63, 3.8) is 0 Å². The van der Waals surface area contributed by atoms with Gasteiger partial charge in [0.05, 0.1) is 11.8 Å². The van der Waals surface area contributed by atoms with Crippen LogP contribution >= 0.6 is 11.8 Å². The SMILES string of the molecule is CSC(C)CNC(=O)c1cccc(OS(C)(=O)=O)c1C(=O)O. The largest absolute Gasteiger partial charge is 0.478 e. The van der Waals surface area contributed by atoms with E-state index in [1.807, 2.05) is 13.2 Å². The molecule has 0 fully saturated rings. The molecule has 0 aliphatic heterocycles. The van der Waals surface area contributed by atoms with E-state index in [0.29, 0.717) is 6.54 Å². The number of hydrogen-bond donors (Lipinski definition) is 2. The maximum atomic E-state index is 12.1. The smallest absolute Gasteiger partial charge is 0.340 e. The lowest BCUT2D eigenvalue weighted by Crippen LogP contribution is -2.30. The Bertz CT molecular complexity index is 671. The van der Waals surface area contributed by atoms with Crippen LogP contribution in [0.1, 0.15) is 27.6 Å². The summed E-state index contributed by atoms with van der Waals surface area (Å²) >= 11 is 1.55. The van der Waals surface area contributed by atoms with Gasteiger partial charge in [0.15, 0.2) is 5.75 Å². The Morgan fingerprint density at radius 2 is 2.05 bits per heavy atom. The van der Waals surface area contributed by atoms with Gasteiger partial charge in [-0.3, -0.25) is 4.79 Å². The predicted octanol–water partition coefficient (Wildman–Crippen LogP) is 1.20. The molecule has 9 heteroatoms. The molecule has 2 N–H and O–H groups in total. The Labute approximate surface area is 133 Å². The van der Waals surface area contributed by atoms with Crippen LogP contribution in [0.5, 0.6) is 5.75 Å². The Balaban J connectivity index is 3.17. The fourth-order valence-corrected chi connectivity index (χ4v) is 2.30. The molecule has 1 rings (SSSR count). The highest BCUT2D eigenvalue weighted by molar-refractivity contribution is 7.99. The molecule has 1 aromatic rings. The molecule has 0 aliphatic rings. The minimum absolute atomic E-state index is 0.151. The van der Waals surface area contributed by atoms with Crippen LogP contribution < -0.4 is 9.50 Å². The molecule has 0 heterocycles. The number of carbonyl (C=O) groups excluding carboxylic acids is 1. The van der Waals surface area contributed by atoms with Crippen molar-refractivity contribution < 1.29 is 27.3 Å². The number of benzene rings is 1. The lowest BCUT2D eigenvalue weighted by molar-refractivity contribution is 0.0689. The molecule has 0 radical (unpaired) electrons. The van der Waals surface area contributed by atoms with Crippen LogP contribution in [0.3, 0.4) is 0 Å². The molecule has 0 spiro atoms. The van der Waals surface area contributed by atoms with E-state index >= 15 is 0 Å². The quantitative estimate of drug-likeness (QED) is 0.713. The third kappa shape index (κ3) is 5.23. The van der Waals surface area contributed by atoms with Crippen molar-refractivity contribution in [1.82, 2.24) is 5.32 Å². The summed E-state index contributed by atoms with van der Waals surface area (Å²) in [6.07, 6.45) is 2.69. The fourth-order valence-electron chi connectivity index (χ4n) is 1.59. The first-order chi connectivity index (χ1) is 10.2. The third-order valence-corrected chi connectivity index (χ3v) is 4.13. The summed E-state index contributed by atoms with van der Waals surface area (Å²) in [6.45, 7) is 2.27. The minimum atomic E-state index is -3.90. The molecule has 1 unspecified atom stereocenters. The highest BCUT2D eigenvalue weighted by atomic mass is 32.2. The van der Waals surface area contributed by atoms with Gasteiger partial charge in [0.25, 0.3) is 5.91 Å². The molecular weight excluding hydrogens is 330 g/mol. The van der Waals surface area contributed by atoms with Crippen LogP contribution in [0.15, 0.2) is 18.2 Å². The minimum Gasteiger partial charge on any atom is -0.478 e. The summed E-state index contributed by atoms with van der Waals surface area (Å²) in [6, 6.07) is 3.85. The van der Waals surface area contributed by atoms with Crippen LogP contribution in [0.2, 0.25) is 0 Å². The van der Waals surface area contributed by atoms with E-state index in [1.54, 1.807) is 11.8 Å². The van der Waals surface area contributed by atoms with Crippen LogP contribution in [0.25, 0.3) is 0 Å². The van der Waals surface area contributed by atoms with Crippen molar-refractivity contribution in [2.24, 2.45) is 0 Å². The average molecular weight is 347 g/mol. The van der Waals surface area contributed by atoms with Gasteiger partial charge in [0.1, 0.15) is 5.56 Å². The molecular formula is C13H17NO6S2. The van der Waals surface area contributed by atoms with E-state index in [-0.39, 0.29) is 16.6 Å². The lowest BCUT2D eigenvalue weighted by atomic mass is 10.1. The van der Waals surface area contributed by atoms with Gasteiger partial charge < -0.3 is 14.6 Å². The summed E-state index contributed by atoms with van der Waals surface area (Å²) in [7, 11) is -3.90. The first-order valence-electron chi connectivity index (χ1n) is 6.22. The van der Waals surface area contributed by atoms with Gasteiger partial charge in [-0.2, -0.15) is 20.2 Å². The van der Waals surface area contributed by atoms with Crippen LogP contribution in [0.4, 0.5) is 0 Å². The predicted molar refractivity (Wildman–Crippen MR) is 84.2 cm³/mol. The molecule has 7 nitrogen and oxygen atoms in total. The molecule has 22 heavy (non-hydrogen) atoms. The van der Waals surface area contributed by atoms with Crippen molar-refractivity contribution in [2.45, 2.75) is 12.2 Å². The van der Waals surface area contributed by atoms with Crippen molar-refractivity contribution in [3.05, 3.63) is 29.3 Å². The molecule has 0 aliphatic carbocycles. The summed E-state index contributed by atoms with van der Waals surface area (Å²) in [5, 5.41) is 12.0. The second-order valence-corrected chi connectivity index (χ2v) is 7.38. The van der Waals surface area contributed by atoms with Crippen LogP contribution in [0, 0.1) is 0 Å². The van der Waals surface area contributed by atoms with Crippen molar-refractivity contribution >= 4 is 33.8 Å². The van der Waals surface area contributed by atoms with E-state index < -0.39 is 27.6 Å². The highest BCUT2D eigenvalue weighted by Crippen LogP contribution is 2.24. The van der Waals surface area contributed by atoms with Crippen LogP contribution in [-0.4, -0.2) is 49.7 Å². The number of amides is 1. The van der Waals surface area contributed by atoms with Gasteiger partial charge in [-0.15, -0.1) is 0 Å². The first kappa shape index (κ1) is 18.3. The summed E-state index contributed by atoms with van der Waals surface area (Å²) < 4.78 is 27.0. The maximum Gasteiger partial charge on any atom is 0.340 e. The summed E-state index contributed by atoms with van der Waals surface area (Å²) in [5.74, 6) is -2.43. The second-order valence-electron chi connectivity index (χ2n) is 4.53. The molecule has 0 bridgehead atoms. The number of carboxylic acids is 1. The standard InChI is InChI=1S/C13H17NO6S2/c1-8(21-2)7-14-12(15)9-5-4-6-10(11(9)13(16)17)20-22(3,18)19/h4-6,8H,7H2,1-3H3,(H,14,15)(H,16,17). The molecule has 1 aromatic carbocycles. The van der Waals surface area contributed by atoms with Crippen molar-refractivity contribution in [2.75, 3.05) is 19.1 Å². The number of nitrogens with one attached hydrogen (secondary N) is 1. The molecule has 0 aromatic heterocycles. The molecule has 0 saturated carbocycles. The number of rotatable bonds is 7. The third-order valence-electron chi connectivity index (χ3n) is 2.68. The first-order valence-corrected chi connectivity index (χ1v) is 9.33. The number of aromatic carboxylic acids is 1. The molecule has 0 saturated heterocycles.